The van der Waals surface area contributed by atoms with Crippen molar-refractivity contribution in [3.8, 4) is 0 Å². The van der Waals surface area contributed by atoms with E-state index < -0.39 is 5.97 Å². The van der Waals surface area contributed by atoms with Crippen LogP contribution in [0.3, 0.4) is 0 Å². The van der Waals surface area contributed by atoms with Gasteiger partial charge in [-0.05, 0) is 37.7 Å². The van der Waals surface area contributed by atoms with Crippen LogP contribution in [0.2, 0.25) is 0 Å². The van der Waals surface area contributed by atoms with Crippen molar-refractivity contribution in [1.82, 2.24) is 5.32 Å². The molecule has 0 atom stereocenters. The zero-order chi connectivity index (χ0) is 12.9. The van der Waals surface area contributed by atoms with Gasteiger partial charge in [0.05, 0.1) is 0 Å². The Morgan fingerprint density at radius 1 is 1.06 bits per heavy atom. The standard InChI is InChI=1S/C12H23NO3S/c1-17-10-6-2-5-9-13-11(14)7-3-4-8-12(15)16/h2-10H2,1H3,(H,13,14)(H,15,16). The molecule has 0 aromatic carbocycles. The predicted molar refractivity (Wildman–Crippen MR) is 71.3 cm³/mol. The molecule has 0 aromatic heterocycles. The molecule has 0 unspecified atom stereocenters. The van der Waals surface area contributed by atoms with E-state index in [-0.39, 0.29) is 12.3 Å². The first-order valence-electron chi connectivity index (χ1n) is 6.14. The maximum atomic E-state index is 11.3. The number of carbonyl (C=O) groups excluding carboxylic acids is 1. The molecule has 0 aliphatic heterocycles. The zero-order valence-electron chi connectivity index (χ0n) is 10.5. The van der Waals surface area contributed by atoms with Crippen LogP contribution in [-0.4, -0.2) is 35.5 Å². The average molecular weight is 261 g/mol. The fourth-order valence-corrected chi connectivity index (χ4v) is 1.92. The lowest BCUT2D eigenvalue weighted by Crippen LogP contribution is -2.24. The van der Waals surface area contributed by atoms with Gasteiger partial charge in [0.2, 0.25) is 5.91 Å². The van der Waals surface area contributed by atoms with Crippen molar-refractivity contribution in [3.05, 3.63) is 0 Å². The lowest BCUT2D eigenvalue weighted by Gasteiger charge is -2.04. The van der Waals surface area contributed by atoms with E-state index in [4.69, 9.17) is 5.11 Å². The molecule has 4 nitrogen and oxygen atoms in total. The summed E-state index contributed by atoms with van der Waals surface area (Å²) < 4.78 is 0. The van der Waals surface area contributed by atoms with E-state index in [1.165, 1.54) is 12.2 Å². The molecule has 0 saturated carbocycles. The Kier molecular flexibility index (Phi) is 11.3. The minimum atomic E-state index is -0.792. The topological polar surface area (TPSA) is 66.4 Å². The number of aliphatic carboxylic acids is 1. The largest absolute Gasteiger partial charge is 0.481 e. The Hall–Kier alpha value is -0.710. The third kappa shape index (κ3) is 13.2. The number of unbranched alkanes of at least 4 members (excludes halogenated alkanes) is 3. The normalized spacial score (nSPS) is 10.2. The highest BCUT2D eigenvalue weighted by atomic mass is 32.2. The van der Waals surface area contributed by atoms with Crippen LogP contribution in [0.25, 0.3) is 0 Å². The van der Waals surface area contributed by atoms with Crippen LogP contribution in [0, 0.1) is 0 Å². The zero-order valence-corrected chi connectivity index (χ0v) is 11.4. The van der Waals surface area contributed by atoms with Gasteiger partial charge in [0.1, 0.15) is 0 Å². The third-order valence-electron chi connectivity index (χ3n) is 2.39. The van der Waals surface area contributed by atoms with Crippen LogP contribution in [0.15, 0.2) is 0 Å². The molecule has 5 heteroatoms. The van der Waals surface area contributed by atoms with Gasteiger partial charge in [-0.1, -0.05) is 6.42 Å². The van der Waals surface area contributed by atoms with Crippen LogP contribution < -0.4 is 5.32 Å². The Bertz CT molecular complexity index is 222. The summed E-state index contributed by atoms with van der Waals surface area (Å²) in [4.78, 5) is 21.6. The third-order valence-corrected chi connectivity index (χ3v) is 3.09. The van der Waals surface area contributed by atoms with Crippen LogP contribution >= 0.6 is 11.8 Å². The van der Waals surface area contributed by atoms with Gasteiger partial charge in [-0.15, -0.1) is 0 Å². The number of hydrogen-bond donors (Lipinski definition) is 2. The Labute approximate surface area is 108 Å². The van der Waals surface area contributed by atoms with Gasteiger partial charge >= 0.3 is 5.97 Å². The van der Waals surface area contributed by atoms with Crippen molar-refractivity contribution in [2.24, 2.45) is 0 Å². The van der Waals surface area contributed by atoms with Crippen molar-refractivity contribution in [2.75, 3.05) is 18.6 Å². The van der Waals surface area contributed by atoms with Crippen molar-refractivity contribution in [1.29, 1.82) is 0 Å². The molecule has 0 saturated heterocycles. The van der Waals surface area contributed by atoms with E-state index >= 15 is 0 Å². The molecule has 0 aliphatic rings. The quantitative estimate of drug-likeness (QED) is 0.560. The summed E-state index contributed by atoms with van der Waals surface area (Å²) in [6, 6.07) is 0. The predicted octanol–water partition coefficient (Wildman–Crippen LogP) is 2.28. The molecule has 0 aliphatic carbocycles. The van der Waals surface area contributed by atoms with E-state index in [1.807, 2.05) is 11.8 Å². The SMILES string of the molecule is CSCCCCCNC(=O)CCCCC(=O)O. The summed E-state index contributed by atoms with van der Waals surface area (Å²) in [5.41, 5.74) is 0. The van der Waals surface area contributed by atoms with Gasteiger partial charge in [0.25, 0.3) is 0 Å². The molecule has 2 N–H and O–H groups in total. The average Bonchev–Trinajstić information content (AvgIpc) is 2.29. The highest BCUT2D eigenvalue weighted by Crippen LogP contribution is 2.02. The van der Waals surface area contributed by atoms with Gasteiger partial charge < -0.3 is 10.4 Å². The smallest absolute Gasteiger partial charge is 0.303 e. The summed E-state index contributed by atoms with van der Waals surface area (Å²) in [6.45, 7) is 0.742. The second-order valence-electron chi connectivity index (χ2n) is 4.00. The second kappa shape index (κ2) is 11.8. The number of carbonyl (C=O) groups is 2. The summed E-state index contributed by atoms with van der Waals surface area (Å²) >= 11 is 1.85. The first-order chi connectivity index (χ1) is 8.16. The summed E-state index contributed by atoms with van der Waals surface area (Å²) in [7, 11) is 0. The summed E-state index contributed by atoms with van der Waals surface area (Å²) in [6.07, 6.45) is 7.32. The highest BCUT2D eigenvalue weighted by Gasteiger charge is 2.02. The van der Waals surface area contributed by atoms with E-state index in [2.05, 4.69) is 11.6 Å². The number of carboxylic acid groups (broad SMARTS) is 1. The van der Waals surface area contributed by atoms with Crippen molar-refractivity contribution in [3.63, 3.8) is 0 Å². The maximum absolute atomic E-state index is 11.3. The fourth-order valence-electron chi connectivity index (χ4n) is 1.43. The fraction of sp³-hybridized carbons (Fsp3) is 0.833. The molecule has 1 amide bonds. The van der Waals surface area contributed by atoms with Crippen LogP contribution in [0.4, 0.5) is 0 Å². The minimum absolute atomic E-state index is 0.0419. The highest BCUT2D eigenvalue weighted by molar-refractivity contribution is 7.98. The molecule has 0 rings (SSSR count). The van der Waals surface area contributed by atoms with E-state index in [9.17, 15) is 9.59 Å². The monoisotopic (exact) mass is 261 g/mol. The maximum Gasteiger partial charge on any atom is 0.303 e. The number of hydrogen-bond acceptors (Lipinski definition) is 3. The summed E-state index contributed by atoms with van der Waals surface area (Å²) in [5.74, 6) is 0.433. The van der Waals surface area contributed by atoms with Crippen LogP contribution in [0.5, 0.6) is 0 Å². The van der Waals surface area contributed by atoms with Crippen molar-refractivity contribution < 1.29 is 14.7 Å². The van der Waals surface area contributed by atoms with Crippen LogP contribution in [-0.2, 0) is 9.59 Å². The molecule has 100 valence electrons. The molecular formula is C12H23NO3S. The Morgan fingerprint density at radius 3 is 2.41 bits per heavy atom. The van der Waals surface area contributed by atoms with E-state index in [1.54, 1.807) is 0 Å². The number of amides is 1. The lowest BCUT2D eigenvalue weighted by molar-refractivity contribution is -0.137. The Balaban J connectivity index is 3.20. The van der Waals surface area contributed by atoms with Gasteiger partial charge in [0.15, 0.2) is 0 Å². The summed E-state index contributed by atoms with van der Waals surface area (Å²) in [5, 5.41) is 11.3. The molecule has 0 aromatic rings. The molecular weight excluding hydrogens is 238 g/mol. The van der Waals surface area contributed by atoms with Crippen LogP contribution in [0.1, 0.15) is 44.9 Å². The van der Waals surface area contributed by atoms with Gasteiger partial charge in [-0.3, -0.25) is 9.59 Å². The van der Waals surface area contributed by atoms with Crippen molar-refractivity contribution >= 4 is 23.6 Å². The van der Waals surface area contributed by atoms with Gasteiger partial charge in [-0.2, -0.15) is 11.8 Å². The van der Waals surface area contributed by atoms with Crippen molar-refractivity contribution in [2.45, 2.75) is 44.9 Å². The van der Waals surface area contributed by atoms with Gasteiger partial charge in [-0.25, -0.2) is 0 Å². The van der Waals surface area contributed by atoms with Gasteiger partial charge in [0, 0.05) is 19.4 Å². The Morgan fingerprint density at radius 2 is 1.76 bits per heavy atom. The second-order valence-corrected chi connectivity index (χ2v) is 4.99. The molecule has 17 heavy (non-hydrogen) atoms. The molecule has 0 spiro atoms. The van der Waals surface area contributed by atoms with E-state index in [0.717, 1.165) is 19.4 Å². The number of thioether (sulfide) groups is 1. The molecule has 0 radical (unpaired) electrons. The number of rotatable bonds is 11. The van der Waals surface area contributed by atoms with E-state index in [0.29, 0.717) is 19.3 Å². The molecule has 0 heterocycles. The minimum Gasteiger partial charge on any atom is -0.481 e. The number of nitrogens with one attached hydrogen (secondary N) is 1. The first kappa shape index (κ1) is 16.3. The first-order valence-corrected chi connectivity index (χ1v) is 7.53. The molecule has 0 bridgehead atoms. The lowest BCUT2D eigenvalue weighted by atomic mass is 10.2. The molecule has 0 fully saturated rings. The number of carboxylic acids is 1.